The van der Waals surface area contributed by atoms with Crippen LogP contribution in [0.4, 0.5) is 0 Å². The zero-order chi connectivity index (χ0) is 11.9. The molecule has 2 atom stereocenters. The van der Waals surface area contributed by atoms with E-state index in [1.165, 1.54) is 70.8 Å². The van der Waals surface area contributed by atoms with Gasteiger partial charge in [-0.2, -0.15) is 11.8 Å². The van der Waals surface area contributed by atoms with Crippen molar-refractivity contribution in [3.05, 3.63) is 0 Å². The molecule has 0 aromatic rings. The van der Waals surface area contributed by atoms with Gasteiger partial charge in [-0.25, -0.2) is 0 Å². The number of rotatable bonds is 5. The van der Waals surface area contributed by atoms with E-state index in [1.807, 2.05) is 0 Å². The monoisotopic (exact) mass is 255 g/mol. The molecule has 0 bridgehead atoms. The molecule has 0 radical (unpaired) electrons. The third-order valence-corrected chi connectivity index (χ3v) is 5.86. The van der Waals surface area contributed by atoms with Crippen LogP contribution in [0.3, 0.4) is 0 Å². The molecule has 0 spiro atoms. The summed E-state index contributed by atoms with van der Waals surface area (Å²) in [5.74, 6) is 1.03. The lowest BCUT2D eigenvalue weighted by molar-refractivity contribution is 0.314. The summed E-state index contributed by atoms with van der Waals surface area (Å²) in [5.41, 5.74) is 0. The van der Waals surface area contributed by atoms with Gasteiger partial charge >= 0.3 is 0 Å². The van der Waals surface area contributed by atoms with Crippen LogP contribution in [0, 0.1) is 5.92 Å². The molecule has 2 unspecified atom stereocenters. The smallest absolute Gasteiger partial charge is 0.0198 e. The van der Waals surface area contributed by atoms with E-state index in [1.54, 1.807) is 0 Å². The summed E-state index contributed by atoms with van der Waals surface area (Å²) in [7, 11) is 0. The molecule has 100 valence electrons. The predicted molar refractivity (Wildman–Crippen MR) is 78.8 cm³/mol. The first-order chi connectivity index (χ1) is 8.40. The van der Waals surface area contributed by atoms with E-state index in [0.717, 1.165) is 17.2 Å². The fourth-order valence-corrected chi connectivity index (χ4v) is 4.52. The summed E-state index contributed by atoms with van der Waals surface area (Å²) < 4.78 is 0. The van der Waals surface area contributed by atoms with Gasteiger partial charge in [-0.05, 0) is 38.0 Å². The summed E-state index contributed by atoms with van der Waals surface area (Å²) in [6.45, 7) is 1.27. The topological polar surface area (TPSA) is 12.0 Å². The van der Waals surface area contributed by atoms with E-state index >= 15 is 0 Å². The third-order valence-electron chi connectivity index (χ3n) is 4.69. The molecule has 0 saturated heterocycles. The van der Waals surface area contributed by atoms with E-state index in [0.29, 0.717) is 0 Å². The van der Waals surface area contributed by atoms with Crippen molar-refractivity contribution in [2.75, 3.05) is 12.8 Å². The predicted octanol–water partition coefficient (Wildman–Crippen LogP) is 4.22. The number of hydrogen-bond donors (Lipinski definition) is 1. The van der Waals surface area contributed by atoms with E-state index in [2.05, 4.69) is 23.3 Å². The molecule has 0 amide bonds. The highest BCUT2D eigenvalue weighted by Gasteiger charge is 2.23. The zero-order valence-electron chi connectivity index (χ0n) is 11.4. The molecule has 17 heavy (non-hydrogen) atoms. The van der Waals surface area contributed by atoms with Gasteiger partial charge in [0.05, 0.1) is 0 Å². The first kappa shape index (κ1) is 13.7. The molecular formula is C15H29NS. The molecule has 0 aromatic carbocycles. The highest BCUT2D eigenvalue weighted by Crippen LogP contribution is 2.28. The van der Waals surface area contributed by atoms with E-state index in [-0.39, 0.29) is 0 Å². The summed E-state index contributed by atoms with van der Waals surface area (Å²) in [6, 6.07) is 0.808. The molecule has 1 nitrogen and oxygen atoms in total. The Hall–Kier alpha value is 0.310. The molecule has 2 rings (SSSR count). The Bertz CT molecular complexity index is 201. The normalized spacial score (nSPS) is 31.6. The first-order valence-electron chi connectivity index (χ1n) is 7.66. The molecule has 2 heteroatoms. The van der Waals surface area contributed by atoms with Crippen LogP contribution in [-0.4, -0.2) is 24.1 Å². The maximum atomic E-state index is 3.85. The van der Waals surface area contributed by atoms with Gasteiger partial charge in [0.2, 0.25) is 0 Å². The maximum Gasteiger partial charge on any atom is 0.0198 e. The van der Waals surface area contributed by atoms with Crippen molar-refractivity contribution >= 4 is 11.8 Å². The molecule has 2 fully saturated rings. The van der Waals surface area contributed by atoms with Gasteiger partial charge in [0.25, 0.3) is 0 Å². The van der Waals surface area contributed by atoms with Crippen LogP contribution in [-0.2, 0) is 0 Å². The summed E-state index contributed by atoms with van der Waals surface area (Å²) in [4.78, 5) is 0. The lowest BCUT2D eigenvalue weighted by atomic mass is 9.87. The fourth-order valence-electron chi connectivity index (χ4n) is 3.56. The second-order valence-electron chi connectivity index (χ2n) is 5.91. The van der Waals surface area contributed by atoms with E-state index < -0.39 is 0 Å². The van der Waals surface area contributed by atoms with Crippen molar-refractivity contribution in [3.8, 4) is 0 Å². The summed E-state index contributed by atoms with van der Waals surface area (Å²) in [5, 5.41) is 4.73. The quantitative estimate of drug-likeness (QED) is 0.789. The van der Waals surface area contributed by atoms with Gasteiger partial charge in [0.15, 0.2) is 0 Å². The second-order valence-corrected chi connectivity index (χ2v) is 6.99. The molecule has 2 saturated carbocycles. The van der Waals surface area contributed by atoms with Crippen LogP contribution in [0.2, 0.25) is 0 Å². The van der Waals surface area contributed by atoms with Crippen LogP contribution in [0.15, 0.2) is 0 Å². The van der Waals surface area contributed by atoms with E-state index in [9.17, 15) is 0 Å². The molecule has 0 aliphatic heterocycles. The number of nitrogens with one attached hydrogen (secondary N) is 1. The maximum absolute atomic E-state index is 3.85. The van der Waals surface area contributed by atoms with Gasteiger partial charge in [-0.15, -0.1) is 0 Å². The van der Waals surface area contributed by atoms with E-state index in [4.69, 9.17) is 0 Å². The Balaban J connectivity index is 1.62. The first-order valence-corrected chi connectivity index (χ1v) is 8.95. The summed E-state index contributed by atoms with van der Waals surface area (Å²) in [6.07, 6.45) is 16.9. The fraction of sp³-hybridized carbons (Fsp3) is 1.00. The van der Waals surface area contributed by atoms with Crippen LogP contribution in [0.1, 0.15) is 64.2 Å². The minimum absolute atomic E-state index is 0.808. The van der Waals surface area contributed by atoms with Crippen LogP contribution < -0.4 is 5.32 Å². The Morgan fingerprint density at radius 3 is 2.41 bits per heavy atom. The Kier molecular flexibility index (Phi) is 6.21. The standard InChI is InChI=1S/C15H29NS/c1-17-15-10-6-5-9-14(15)16-12-11-13-7-3-2-4-8-13/h13-16H,2-12H2,1H3. The number of thioether (sulfide) groups is 1. The van der Waals surface area contributed by atoms with Crippen molar-refractivity contribution in [1.29, 1.82) is 0 Å². The molecule has 0 aromatic heterocycles. The lowest BCUT2D eigenvalue weighted by Gasteiger charge is -2.32. The van der Waals surface area contributed by atoms with Gasteiger partial charge in [0.1, 0.15) is 0 Å². The van der Waals surface area contributed by atoms with Gasteiger partial charge in [-0.3, -0.25) is 0 Å². The molecule has 2 aliphatic rings. The second kappa shape index (κ2) is 7.68. The van der Waals surface area contributed by atoms with Crippen LogP contribution in [0.5, 0.6) is 0 Å². The molecule has 1 N–H and O–H groups in total. The average Bonchev–Trinajstić information content (AvgIpc) is 2.40. The van der Waals surface area contributed by atoms with Crippen LogP contribution >= 0.6 is 11.8 Å². The highest BCUT2D eigenvalue weighted by atomic mass is 32.2. The number of hydrogen-bond acceptors (Lipinski definition) is 2. The lowest BCUT2D eigenvalue weighted by Crippen LogP contribution is -2.41. The Morgan fingerprint density at radius 2 is 1.65 bits per heavy atom. The van der Waals surface area contributed by atoms with Gasteiger partial charge in [0, 0.05) is 11.3 Å². The Labute approximate surface area is 112 Å². The highest BCUT2D eigenvalue weighted by molar-refractivity contribution is 7.99. The van der Waals surface area contributed by atoms with Crippen molar-refractivity contribution in [2.24, 2.45) is 5.92 Å². The van der Waals surface area contributed by atoms with Gasteiger partial charge < -0.3 is 5.32 Å². The van der Waals surface area contributed by atoms with Crippen molar-refractivity contribution in [2.45, 2.75) is 75.5 Å². The largest absolute Gasteiger partial charge is 0.313 e. The van der Waals surface area contributed by atoms with Crippen molar-refractivity contribution in [3.63, 3.8) is 0 Å². The molecule has 0 heterocycles. The molecule has 2 aliphatic carbocycles. The minimum Gasteiger partial charge on any atom is -0.313 e. The van der Waals surface area contributed by atoms with Crippen molar-refractivity contribution < 1.29 is 0 Å². The SMILES string of the molecule is CSC1CCCCC1NCCC1CCCCC1. The van der Waals surface area contributed by atoms with Crippen LogP contribution in [0.25, 0.3) is 0 Å². The Morgan fingerprint density at radius 1 is 0.941 bits per heavy atom. The van der Waals surface area contributed by atoms with Gasteiger partial charge in [-0.1, -0.05) is 44.9 Å². The summed E-state index contributed by atoms with van der Waals surface area (Å²) >= 11 is 2.08. The minimum atomic E-state index is 0.808. The molecular weight excluding hydrogens is 226 g/mol. The zero-order valence-corrected chi connectivity index (χ0v) is 12.2. The third kappa shape index (κ3) is 4.48. The average molecular weight is 255 g/mol. The van der Waals surface area contributed by atoms with Crippen molar-refractivity contribution in [1.82, 2.24) is 5.32 Å².